The topological polar surface area (TPSA) is 52.2 Å². The Labute approximate surface area is 167 Å². The van der Waals surface area contributed by atoms with E-state index in [9.17, 15) is 4.21 Å². The maximum absolute atomic E-state index is 13.1. The van der Waals surface area contributed by atoms with Gasteiger partial charge in [-0.1, -0.05) is 6.92 Å². The summed E-state index contributed by atoms with van der Waals surface area (Å²) < 4.78 is 17.0. The highest BCUT2D eigenvalue weighted by atomic mass is 32.2. The van der Waals surface area contributed by atoms with E-state index < -0.39 is 10.8 Å². The molecule has 1 atom stereocenters. The summed E-state index contributed by atoms with van der Waals surface area (Å²) >= 11 is 0. The molecule has 0 amide bonds. The maximum Gasteiger partial charge on any atom is 0.176 e. The largest absolute Gasteiger partial charge is 0.302 e. The highest BCUT2D eigenvalue weighted by molar-refractivity contribution is 7.85. The van der Waals surface area contributed by atoms with E-state index in [0.29, 0.717) is 5.75 Å². The fraction of sp³-hybridized carbons (Fsp3) is 0.364. The van der Waals surface area contributed by atoms with Gasteiger partial charge in [0.1, 0.15) is 10.7 Å². The average Bonchev–Trinajstić information content (AvgIpc) is 3.22. The molecule has 0 saturated heterocycles. The molecule has 0 fully saturated rings. The summed E-state index contributed by atoms with van der Waals surface area (Å²) in [5.41, 5.74) is 8.71. The maximum atomic E-state index is 13.1. The minimum Gasteiger partial charge on any atom is -0.302 e. The number of aromatic nitrogens is 4. The fourth-order valence-electron chi connectivity index (χ4n) is 3.88. The second kappa shape index (κ2) is 6.55. The third-order valence-corrected chi connectivity index (χ3v) is 7.27. The zero-order chi connectivity index (χ0) is 20.3. The Balaban J connectivity index is 2.16. The van der Waals surface area contributed by atoms with Gasteiger partial charge < -0.3 is 4.40 Å². The van der Waals surface area contributed by atoms with Gasteiger partial charge in [-0.3, -0.25) is 4.21 Å². The van der Waals surface area contributed by atoms with Crippen LogP contribution < -0.4 is 0 Å². The molecule has 0 radical (unpaired) electrons. The van der Waals surface area contributed by atoms with Crippen LogP contribution in [-0.4, -0.2) is 29.1 Å². The van der Waals surface area contributed by atoms with E-state index in [4.69, 9.17) is 10.1 Å². The molecule has 0 bridgehead atoms. The number of benzene rings is 1. The SMILES string of the molecule is CCS(=O)c1c2c(C)c(C)c(C)c(C)c2nn1-c1nc2cc(C)ccn2c1C. The quantitative estimate of drug-likeness (QED) is 0.508. The summed E-state index contributed by atoms with van der Waals surface area (Å²) in [5, 5.41) is 6.70. The van der Waals surface area contributed by atoms with Gasteiger partial charge in [-0.2, -0.15) is 5.10 Å². The number of fused-ring (bicyclic) bond motifs is 2. The van der Waals surface area contributed by atoms with E-state index in [0.717, 1.165) is 49.8 Å². The van der Waals surface area contributed by atoms with Crippen LogP contribution in [0.25, 0.3) is 22.4 Å². The van der Waals surface area contributed by atoms with E-state index in [-0.39, 0.29) is 0 Å². The Kier molecular flexibility index (Phi) is 4.42. The van der Waals surface area contributed by atoms with Crippen LogP contribution in [0.2, 0.25) is 0 Å². The van der Waals surface area contributed by atoms with Crippen LogP contribution in [0.5, 0.6) is 0 Å². The van der Waals surface area contributed by atoms with Gasteiger partial charge in [0, 0.05) is 17.3 Å². The Hall–Kier alpha value is -2.47. The third kappa shape index (κ3) is 2.54. The van der Waals surface area contributed by atoms with Crippen molar-refractivity contribution in [3.8, 4) is 5.82 Å². The summed E-state index contributed by atoms with van der Waals surface area (Å²) in [5.74, 6) is 1.28. The van der Waals surface area contributed by atoms with Gasteiger partial charge in [0.2, 0.25) is 0 Å². The molecule has 0 aliphatic carbocycles. The summed E-state index contributed by atoms with van der Waals surface area (Å²) in [4.78, 5) is 4.85. The van der Waals surface area contributed by atoms with E-state index in [2.05, 4.69) is 51.2 Å². The van der Waals surface area contributed by atoms with Crippen molar-refractivity contribution in [3.05, 3.63) is 51.8 Å². The summed E-state index contributed by atoms with van der Waals surface area (Å²) in [6, 6.07) is 4.12. The molecule has 0 spiro atoms. The van der Waals surface area contributed by atoms with Gasteiger partial charge in [0.05, 0.1) is 22.0 Å². The van der Waals surface area contributed by atoms with Crippen molar-refractivity contribution in [2.45, 2.75) is 53.5 Å². The number of pyridine rings is 1. The van der Waals surface area contributed by atoms with Crippen molar-refractivity contribution < 1.29 is 4.21 Å². The normalized spacial score (nSPS) is 13.0. The Morgan fingerprint density at radius 3 is 2.36 bits per heavy atom. The number of nitrogens with zero attached hydrogens (tertiary/aromatic N) is 4. The standard InChI is InChI=1S/C22H26N4OS/c1-8-28(27)22-19-15(5)13(3)14(4)16(6)20(19)24-26(22)21-17(7)25-10-9-12(2)11-18(25)23-21/h9-11H,8H2,1-7H3. The smallest absolute Gasteiger partial charge is 0.176 e. The van der Waals surface area contributed by atoms with E-state index >= 15 is 0 Å². The van der Waals surface area contributed by atoms with Crippen molar-refractivity contribution >= 4 is 27.3 Å². The molecule has 4 aromatic rings. The predicted molar refractivity (Wildman–Crippen MR) is 115 cm³/mol. The minimum absolute atomic E-state index is 0.539. The molecule has 6 heteroatoms. The molecule has 4 rings (SSSR count). The second-order valence-electron chi connectivity index (χ2n) is 7.53. The predicted octanol–water partition coefficient (Wildman–Crippen LogP) is 4.65. The lowest BCUT2D eigenvalue weighted by Gasteiger charge is -2.11. The number of aryl methyl sites for hydroxylation is 4. The molecule has 146 valence electrons. The molecule has 0 saturated carbocycles. The first-order valence-electron chi connectivity index (χ1n) is 9.59. The summed E-state index contributed by atoms with van der Waals surface area (Å²) in [6.07, 6.45) is 2.03. The Bertz CT molecular complexity index is 1280. The summed E-state index contributed by atoms with van der Waals surface area (Å²) in [7, 11) is -1.16. The first-order valence-corrected chi connectivity index (χ1v) is 10.9. The van der Waals surface area contributed by atoms with Crippen LogP contribution in [0.1, 0.15) is 40.4 Å². The monoisotopic (exact) mass is 394 g/mol. The molecule has 0 N–H and O–H groups in total. The van der Waals surface area contributed by atoms with Crippen LogP contribution in [0.4, 0.5) is 0 Å². The highest BCUT2D eigenvalue weighted by Gasteiger charge is 2.25. The lowest BCUT2D eigenvalue weighted by molar-refractivity contribution is 0.672. The average molecular weight is 395 g/mol. The van der Waals surface area contributed by atoms with Crippen molar-refractivity contribution in [3.63, 3.8) is 0 Å². The molecule has 1 aromatic carbocycles. The van der Waals surface area contributed by atoms with E-state index in [1.54, 1.807) is 0 Å². The van der Waals surface area contributed by atoms with Crippen LogP contribution in [0.3, 0.4) is 0 Å². The van der Waals surface area contributed by atoms with Crippen LogP contribution in [-0.2, 0) is 10.8 Å². The Morgan fingerprint density at radius 1 is 1.00 bits per heavy atom. The summed E-state index contributed by atoms with van der Waals surface area (Å²) in [6.45, 7) is 14.5. The van der Waals surface area contributed by atoms with Crippen LogP contribution in [0.15, 0.2) is 23.4 Å². The van der Waals surface area contributed by atoms with E-state index in [1.165, 1.54) is 11.1 Å². The fourth-order valence-corrected chi connectivity index (χ4v) is 4.95. The molecular weight excluding hydrogens is 368 g/mol. The molecule has 3 aromatic heterocycles. The van der Waals surface area contributed by atoms with Crippen molar-refractivity contribution in [1.29, 1.82) is 0 Å². The zero-order valence-corrected chi connectivity index (χ0v) is 18.4. The molecule has 0 aliphatic rings. The lowest BCUT2D eigenvalue weighted by Crippen LogP contribution is -2.08. The third-order valence-electron chi connectivity index (χ3n) is 5.93. The second-order valence-corrected chi connectivity index (χ2v) is 9.18. The molecule has 28 heavy (non-hydrogen) atoms. The van der Waals surface area contributed by atoms with Crippen molar-refractivity contribution in [2.24, 2.45) is 0 Å². The van der Waals surface area contributed by atoms with Crippen LogP contribution in [0, 0.1) is 41.5 Å². The molecule has 0 aliphatic heterocycles. The van der Waals surface area contributed by atoms with Gasteiger partial charge in [-0.25, -0.2) is 9.67 Å². The number of rotatable bonds is 3. The van der Waals surface area contributed by atoms with Gasteiger partial charge in [0.15, 0.2) is 5.82 Å². The first kappa shape index (κ1) is 18.9. The molecule has 1 unspecified atom stereocenters. The van der Waals surface area contributed by atoms with E-state index in [1.807, 2.05) is 24.7 Å². The molecule has 3 heterocycles. The van der Waals surface area contributed by atoms with Gasteiger partial charge in [-0.15, -0.1) is 0 Å². The van der Waals surface area contributed by atoms with Crippen LogP contribution >= 0.6 is 0 Å². The number of hydrogen-bond acceptors (Lipinski definition) is 3. The minimum atomic E-state index is -1.16. The van der Waals surface area contributed by atoms with Crippen molar-refractivity contribution in [2.75, 3.05) is 5.75 Å². The van der Waals surface area contributed by atoms with Gasteiger partial charge >= 0.3 is 0 Å². The van der Waals surface area contributed by atoms with Gasteiger partial charge in [-0.05, 0) is 81.5 Å². The lowest BCUT2D eigenvalue weighted by atomic mass is 9.96. The highest BCUT2D eigenvalue weighted by Crippen LogP contribution is 2.34. The van der Waals surface area contributed by atoms with Gasteiger partial charge in [0.25, 0.3) is 0 Å². The zero-order valence-electron chi connectivity index (χ0n) is 17.5. The van der Waals surface area contributed by atoms with Crippen molar-refractivity contribution in [1.82, 2.24) is 19.2 Å². The Morgan fingerprint density at radius 2 is 1.68 bits per heavy atom. The number of hydrogen-bond donors (Lipinski definition) is 0. The molecule has 5 nitrogen and oxygen atoms in total. The molecular formula is C22H26N4OS. The first-order chi connectivity index (χ1) is 13.3. The number of imidazole rings is 1.